The van der Waals surface area contributed by atoms with Gasteiger partial charge in [0.15, 0.2) is 5.13 Å². The number of alkyl halides is 3. The van der Waals surface area contributed by atoms with Crippen molar-refractivity contribution in [2.24, 2.45) is 5.92 Å². The van der Waals surface area contributed by atoms with E-state index in [0.717, 1.165) is 17.6 Å². The molecule has 0 aliphatic heterocycles. The van der Waals surface area contributed by atoms with Crippen LogP contribution in [0.1, 0.15) is 34.6 Å². The molecule has 0 unspecified atom stereocenters. The maximum absolute atomic E-state index is 13.0. The van der Waals surface area contributed by atoms with Gasteiger partial charge in [-0.3, -0.25) is 0 Å². The number of hydrogen-bond acceptors (Lipinski definition) is 7. The lowest BCUT2D eigenvalue weighted by Gasteiger charge is -2.10. The number of aliphatic hydroxyl groups excluding tert-OH is 1. The highest BCUT2D eigenvalue weighted by molar-refractivity contribution is 7.16. The van der Waals surface area contributed by atoms with E-state index in [-0.39, 0.29) is 5.82 Å². The molecule has 0 saturated heterocycles. The van der Waals surface area contributed by atoms with Crippen LogP contribution in [-0.2, 0) is 12.6 Å². The SMILES string of the molecule is CO.COc1ccc(-c2nc(Nc3ncc(C(F)(F)F)cc3C(=O)O)sc2CC(C)C)cc1Cl. The molecule has 12 heteroatoms. The predicted octanol–water partition coefficient (Wildman–Crippen LogP) is 6.13. The minimum atomic E-state index is -4.71. The van der Waals surface area contributed by atoms with Gasteiger partial charge in [0.2, 0.25) is 0 Å². The van der Waals surface area contributed by atoms with E-state index in [2.05, 4.69) is 15.3 Å². The van der Waals surface area contributed by atoms with Crippen molar-refractivity contribution in [3.8, 4) is 17.0 Å². The zero-order chi connectivity index (χ0) is 25.6. The fourth-order valence-electron chi connectivity index (χ4n) is 2.94. The van der Waals surface area contributed by atoms with Crippen molar-refractivity contribution >= 4 is 39.9 Å². The lowest BCUT2D eigenvalue weighted by Crippen LogP contribution is -2.11. The number of nitrogens with one attached hydrogen (secondary N) is 1. The Balaban J connectivity index is 0.00000199. The van der Waals surface area contributed by atoms with E-state index in [9.17, 15) is 23.1 Å². The summed E-state index contributed by atoms with van der Waals surface area (Å²) in [5.41, 5.74) is -0.378. The second-order valence-electron chi connectivity index (χ2n) is 7.29. The Morgan fingerprint density at radius 1 is 1.26 bits per heavy atom. The van der Waals surface area contributed by atoms with Crippen LogP contribution in [0.3, 0.4) is 0 Å². The van der Waals surface area contributed by atoms with E-state index in [1.807, 2.05) is 13.8 Å². The van der Waals surface area contributed by atoms with Crippen molar-refractivity contribution in [2.75, 3.05) is 19.5 Å². The van der Waals surface area contributed by atoms with Gasteiger partial charge < -0.3 is 20.3 Å². The summed E-state index contributed by atoms with van der Waals surface area (Å²) in [4.78, 5) is 20.7. The third-order valence-corrected chi connectivity index (χ3v) is 5.68. The molecule has 1 aromatic carbocycles. The zero-order valence-electron chi connectivity index (χ0n) is 18.7. The van der Waals surface area contributed by atoms with Gasteiger partial charge in [0, 0.05) is 23.7 Å². The molecular formula is C22H23ClF3N3O4S. The minimum Gasteiger partial charge on any atom is -0.495 e. The molecule has 0 saturated carbocycles. The summed E-state index contributed by atoms with van der Waals surface area (Å²) in [6, 6.07) is 5.77. The molecule has 0 radical (unpaired) electrons. The molecular weight excluding hydrogens is 495 g/mol. The number of thiazole rings is 1. The third-order valence-electron chi connectivity index (χ3n) is 4.39. The highest BCUT2D eigenvalue weighted by Gasteiger charge is 2.32. The van der Waals surface area contributed by atoms with Gasteiger partial charge in [-0.2, -0.15) is 13.2 Å². The molecule has 7 nitrogen and oxygen atoms in total. The van der Waals surface area contributed by atoms with Crippen molar-refractivity contribution < 1.29 is 32.9 Å². The van der Waals surface area contributed by atoms with Crippen LogP contribution in [-0.4, -0.2) is 40.4 Å². The van der Waals surface area contributed by atoms with Crippen LogP contribution in [0.2, 0.25) is 5.02 Å². The van der Waals surface area contributed by atoms with Gasteiger partial charge in [0.25, 0.3) is 0 Å². The quantitative estimate of drug-likeness (QED) is 0.346. The first kappa shape index (κ1) is 27.4. The Morgan fingerprint density at radius 3 is 2.47 bits per heavy atom. The van der Waals surface area contributed by atoms with Crippen molar-refractivity contribution in [3.05, 3.63) is 51.5 Å². The van der Waals surface area contributed by atoms with Gasteiger partial charge in [0.05, 0.1) is 23.4 Å². The van der Waals surface area contributed by atoms with Gasteiger partial charge in [-0.25, -0.2) is 14.8 Å². The molecule has 0 amide bonds. The van der Waals surface area contributed by atoms with Gasteiger partial charge in [-0.05, 0) is 36.6 Å². The largest absolute Gasteiger partial charge is 0.495 e. The lowest BCUT2D eigenvalue weighted by molar-refractivity contribution is -0.137. The molecule has 2 aromatic heterocycles. The predicted molar refractivity (Wildman–Crippen MR) is 125 cm³/mol. The first-order chi connectivity index (χ1) is 16.0. The van der Waals surface area contributed by atoms with Crippen molar-refractivity contribution in [2.45, 2.75) is 26.4 Å². The van der Waals surface area contributed by atoms with Crippen LogP contribution in [0.15, 0.2) is 30.5 Å². The monoisotopic (exact) mass is 517 g/mol. The Kier molecular flexibility index (Phi) is 9.25. The number of aromatic nitrogens is 2. The molecule has 0 aliphatic rings. The van der Waals surface area contributed by atoms with Crippen LogP contribution in [0.25, 0.3) is 11.3 Å². The Hall–Kier alpha value is -2.89. The molecule has 0 bridgehead atoms. The number of aromatic carboxylic acids is 1. The summed E-state index contributed by atoms with van der Waals surface area (Å²) in [5, 5.41) is 19.8. The lowest BCUT2D eigenvalue weighted by atomic mass is 10.0. The standard InChI is InChI=1S/C21H19ClF3N3O3S.CH4O/c1-10(2)6-16-17(11-4-5-15(31-3)14(22)7-11)27-20(32-16)28-18-13(19(29)30)8-12(9-26-18)21(23,24)25;1-2/h4-5,7-10H,6H2,1-3H3,(H,29,30)(H,26,27,28);2H,1H3. The maximum atomic E-state index is 13.0. The number of rotatable bonds is 7. The number of nitrogens with zero attached hydrogens (tertiary/aromatic N) is 2. The normalized spacial score (nSPS) is 11.1. The molecule has 3 aromatic rings. The van der Waals surface area contributed by atoms with Gasteiger partial charge in [-0.15, -0.1) is 11.3 Å². The average molecular weight is 518 g/mol. The van der Waals surface area contributed by atoms with Crippen LogP contribution in [0.5, 0.6) is 5.75 Å². The number of benzene rings is 1. The van der Waals surface area contributed by atoms with Gasteiger partial charge in [0.1, 0.15) is 17.1 Å². The number of halogens is 4. The number of pyridine rings is 1. The fraction of sp³-hybridized carbons (Fsp3) is 0.318. The van der Waals surface area contributed by atoms with E-state index in [4.69, 9.17) is 21.4 Å². The van der Waals surface area contributed by atoms with Crippen LogP contribution in [0.4, 0.5) is 24.1 Å². The van der Waals surface area contributed by atoms with Crippen LogP contribution < -0.4 is 10.1 Å². The van der Waals surface area contributed by atoms with E-state index in [0.29, 0.717) is 46.2 Å². The Bertz CT molecular complexity index is 1150. The zero-order valence-corrected chi connectivity index (χ0v) is 20.3. The topological polar surface area (TPSA) is 105 Å². The minimum absolute atomic E-state index is 0.227. The number of carboxylic acid groups (broad SMARTS) is 1. The number of methoxy groups -OCH3 is 1. The second-order valence-corrected chi connectivity index (χ2v) is 8.78. The second kappa shape index (κ2) is 11.5. The summed E-state index contributed by atoms with van der Waals surface area (Å²) in [5.74, 6) is -0.953. The van der Waals surface area contributed by atoms with E-state index in [1.165, 1.54) is 18.4 Å². The first-order valence-electron chi connectivity index (χ1n) is 9.85. The molecule has 2 heterocycles. The smallest absolute Gasteiger partial charge is 0.417 e. The van der Waals surface area contributed by atoms with Crippen molar-refractivity contribution in [1.82, 2.24) is 9.97 Å². The summed E-state index contributed by atoms with van der Waals surface area (Å²) in [6.45, 7) is 4.08. The molecule has 3 N–H and O–H groups in total. The number of hydrogen-bond donors (Lipinski definition) is 3. The van der Waals surface area contributed by atoms with Crippen LogP contribution >= 0.6 is 22.9 Å². The van der Waals surface area contributed by atoms with Crippen molar-refractivity contribution in [1.29, 1.82) is 0 Å². The summed E-state index contributed by atoms with van der Waals surface area (Å²) < 4.78 is 44.1. The number of carboxylic acids is 1. The molecule has 0 spiro atoms. The van der Waals surface area contributed by atoms with Crippen LogP contribution in [0, 0.1) is 5.92 Å². The molecule has 184 valence electrons. The number of ether oxygens (including phenoxy) is 1. The fourth-order valence-corrected chi connectivity index (χ4v) is 4.39. The van der Waals surface area contributed by atoms with Gasteiger partial charge in [-0.1, -0.05) is 25.4 Å². The van der Waals surface area contributed by atoms with E-state index in [1.54, 1.807) is 18.2 Å². The average Bonchev–Trinajstić information content (AvgIpc) is 3.15. The number of anilines is 2. The molecule has 0 atom stereocenters. The third kappa shape index (κ3) is 6.58. The van der Waals surface area contributed by atoms with E-state index < -0.39 is 23.3 Å². The van der Waals surface area contributed by atoms with Gasteiger partial charge >= 0.3 is 12.1 Å². The molecule has 0 aliphatic carbocycles. The summed E-state index contributed by atoms with van der Waals surface area (Å²) in [6.07, 6.45) is -3.44. The molecule has 3 rings (SSSR count). The Morgan fingerprint density at radius 2 is 1.94 bits per heavy atom. The molecule has 34 heavy (non-hydrogen) atoms. The number of aliphatic hydroxyl groups is 1. The number of carbonyl (C=O) groups is 1. The first-order valence-corrected chi connectivity index (χ1v) is 11.0. The van der Waals surface area contributed by atoms with Crippen molar-refractivity contribution in [3.63, 3.8) is 0 Å². The molecule has 0 fully saturated rings. The Labute approximate surface area is 203 Å². The maximum Gasteiger partial charge on any atom is 0.417 e. The summed E-state index contributed by atoms with van der Waals surface area (Å²) in [7, 11) is 2.51. The highest BCUT2D eigenvalue weighted by Crippen LogP contribution is 2.38. The summed E-state index contributed by atoms with van der Waals surface area (Å²) >= 11 is 7.52. The highest BCUT2D eigenvalue weighted by atomic mass is 35.5. The van der Waals surface area contributed by atoms with E-state index >= 15 is 0 Å².